The fraction of sp³-hybridized carbons (Fsp3) is 0.133. The molecule has 0 radical (unpaired) electrons. The lowest BCUT2D eigenvalue weighted by Gasteiger charge is -2.10. The summed E-state index contributed by atoms with van der Waals surface area (Å²) < 4.78 is 3.32. The number of benzene rings is 2. The van der Waals surface area contributed by atoms with Crippen LogP contribution >= 0.6 is 15.9 Å². The fourth-order valence-electron chi connectivity index (χ4n) is 2.16. The summed E-state index contributed by atoms with van der Waals surface area (Å²) in [5, 5.41) is 2.52. The van der Waals surface area contributed by atoms with Crippen LogP contribution in [-0.2, 0) is 6.54 Å². The molecule has 3 rings (SSSR count). The van der Waals surface area contributed by atoms with Crippen LogP contribution in [0.4, 0.5) is 0 Å². The van der Waals surface area contributed by atoms with Crippen molar-refractivity contribution in [2.24, 2.45) is 0 Å². The molecule has 0 bridgehead atoms. The van der Waals surface area contributed by atoms with Gasteiger partial charge in [0.05, 0.1) is 0 Å². The van der Waals surface area contributed by atoms with Crippen molar-refractivity contribution in [2.75, 3.05) is 0 Å². The molecule has 2 nitrogen and oxygen atoms in total. The van der Waals surface area contributed by atoms with Gasteiger partial charge in [-0.15, -0.1) is 0 Å². The fourth-order valence-corrected chi connectivity index (χ4v) is 2.77. The lowest BCUT2D eigenvalue weighted by atomic mass is 10.1. The molecule has 0 saturated heterocycles. The van der Waals surface area contributed by atoms with Gasteiger partial charge in [-0.2, -0.15) is 0 Å². The summed E-state index contributed by atoms with van der Waals surface area (Å²) >= 11 is 3.72. The third-order valence-corrected chi connectivity index (χ3v) is 4.14. The van der Waals surface area contributed by atoms with Gasteiger partial charge in [0.1, 0.15) is 5.82 Å². The smallest absolute Gasteiger partial charge is 0.105 e. The van der Waals surface area contributed by atoms with Crippen LogP contribution in [0.25, 0.3) is 10.8 Å². The standard InChI is InChI=1S/C15H13BrN2/c1-11-17-8-9-18(11)10-13-7-6-12-4-2-3-5-14(12)15(13)16/h2-9H,10H2,1H3. The summed E-state index contributed by atoms with van der Waals surface area (Å²) in [6.07, 6.45) is 3.85. The lowest BCUT2D eigenvalue weighted by Crippen LogP contribution is -2.01. The molecule has 0 saturated carbocycles. The number of aromatic nitrogens is 2. The Hall–Kier alpha value is -1.61. The molecular weight excluding hydrogens is 288 g/mol. The molecule has 3 heteroatoms. The predicted molar refractivity (Wildman–Crippen MR) is 77.7 cm³/mol. The van der Waals surface area contributed by atoms with Crippen LogP contribution in [0.2, 0.25) is 0 Å². The minimum Gasteiger partial charge on any atom is -0.331 e. The molecule has 0 atom stereocenters. The number of hydrogen-bond donors (Lipinski definition) is 0. The lowest BCUT2D eigenvalue weighted by molar-refractivity contribution is 0.760. The van der Waals surface area contributed by atoms with E-state index in [9.17, 15) is 0 Å². The minimum absolute atomic E-state index is 0.844. The van der Waals surface area contributed by atoms with Gasteiger partial charge in [-0.05, 0) is 39.2 Å². The van der Waals surface area contributed by atoms with Crippen molar-refractivity contribution >= 4 is 26.7 Å². The molecule has 90 valence electrons. The highest BCUT2D eigenvalue weighted by atomic mass is 79.9. The molecule has 18 heavy (non-hydrogen) atoms. The van der Waals surface area contributed by atoms with Crippen LogP contribution in [0.3, 0.4) is 0 Å². The maximum Gasteiger partial charge on any atom is 0.105 e. The van der Waals surface area contributed by atoms with Gasteiger partial charge in [0.25, 0.3) is 0 Å². The van der Waals surface area contributed by atoms with E-state index in [0.717, 1.165) is 12.4 Å². The Labute approximate surface area is 114 Å². The van der Waals surface area contributed by atoms with Crippen molar-refractivity contribution in [1.29, 1.82) is 0 Å². The van der Waals surface area contributed by atoms with Crippen LogP contribution in [0.1, 0.15) is 11.4 Å². The van der Waals surface area contributed by atoms with Crippen LogP contribution in [-0.4, -0.2) is 9.55 Å². The highest BCUT2D eigenvalue weighted by molar-refractivity contribution is 9.10. The van der Waals surface area contributed by atoms with Gasteiger partial charge in [-0.3, -0.25) is 0 Å². The molecule has 1 heterocycles. The van der Waals surface area contributed by atoms with Crippen molar-refractivity contribution in [1.82, 2.24) is 9.55 Å². The van der Waals surface area contributed by atoms with Crippen LogP contribution in [0.15, 0.2) is 53.3 Å². The molecule has 2 aromatic carbocycles. The van der Waals surface area contributed by atoms with E-state index in [2.05, 4.69) is 61.9 Å². The largest absolute Gasteiger partial charge is 0.331 e. The van der Waals surface area contributed by atoms with E-state index in [1.165, 1.54) is 20.8 Å². The number of nitrogens with zero attached hydrogens (tertiary/aromatic N) is 2. The molecular formula is C15H13BrN2. The molecule has 0 fully saturated rings. The zero-order chi connectivity index (χ0) is 12.5. The molecule has 0 unspecified atom stereocenters. The van der Waals surface area contributed by atoms with Crippen LogP contribution < -0.4 is 0 Å². The topological polar surface area (TPSA) is 17.8 Å². The van der Waals surface area contributed by atoms with Crippen molar-refractivity contribution in [2.45, 2.75) is 13.5 Å². The van der Waals surface area contributed by atoms with E-state index < -0.39 is 0 Å². The zero-order valence-corrected chi connectivity index (χ0v) is 11.7. The number of rotatable bonds is 2. The normalized spacial score (nSPS) is 11.0. The Kier molecular flexibility index (Phi) is 2.92. The molecule has 0 aliphatic heterocycles. The molecule has 0 N–H and O–H groups in total. The summed E-state index contributed by atoms with van der Waals surface area (Å²) in [5.41, 5.74) is 1.27. The van der Waals surface area contributed by atoms with Gasteiger partial charge in [-0.25, -0.2) is 4.98 Å². The van der Waals surface area contributed by atoms with Gasteiger partial charge in [0.2, 0.25) is 0 Å². The minimum atomic E-state index is 0.844. The zero-order valence-electron chi connectivity index (χ0n) is 10.1. The first-order valence-electron chi connectivity index (χ1n) is 5.89. The first kappa shape index (κ1) is 11.5. The summed E-state index contributed by atoms with van der Waals surface area (Å²) in [6.45, 7) is 2.87. The quantitative estimate of drug-likeness (QED) is 0.695. The van der Waals surface area contributed by atoms with Gasteiger partial charge in [0, 0.05) is 23.4 Å². The van der Waals surface area contributed by atoms with E-state index >= 15 is 0 Å². The van der Waals surface area contributed by atoms with E-state index in [0.29, 0.717) is 0 Å². The van der Waals surface area contributed by atoms with E-state index in [4.69, 9.17) is 0 Å². The maximum absolute atomic E-state index is 4.25. The predicted octanol–water partition coefficient (Wildman–Crippen LogP) is 4.16. The molecule has 3 aromatic rings. The molecule has 0 aliphatic rings. The summed E-state index contributed by atoms with van der Waals surface area (Å²) in [7, 11) is 0. The first-order chi connectivity index (χ1) is 8.75. The number of fused-ring (bicyclic) bond motifs is 1. The number of imidazole rings is 1. The highest BCUT2D eigenvalue weighted by Crippen LogP contribution is 2.28. The second-order valence-corrected chi connectivity index (χ2v) is 5.16. The number of halogens is 1. The molecule has 0 aliphatic carbocycles. The van der Waals surface area contributed by atoms with Gasteiger partial charge < -0.3 is 4.57 Å². The number of aryl methyl sites for hydroxylation is 1. The third-order valence-electron chi connectivity index (χ3n) is 3.21. The molecule has 0 spiro atoms. The summed E-state index contributed by atoms with van der Waals surface area (Å²) in [5.74, 6) is 1.04. The van der Waals surface area contributed by atoms with Gasteiger partial charge >= 0.3 is 0 Å². The Balaban J connectivity index is 2.08. The van der Waals surface area contributed by atoms with E-state index in [1.807, 2.05) is 19.3 Å². The van der Waals surface area contributed by atoms with Gasteiger partial charge in [-0.1, -0.05) is 36.4 Å². The van der Waals surface area contributed by atoms with Crippen LogP contribution in [0, 0.1) is 6.92 Å². The van der Waals surface area contributed by atoms with Gasteiger partial charge in [0.15, 0.2) is 0 Å². The summed E-state index contributed by atoms with van der Waals surface area (Å²) in [6, 6.07) is 12.7. The van der Waals surface area contributed by atoms with E-state index in [-0.39, 0.29) is 0 Å². The van der Waals surface area contributed by atoms with Crippen LogP contribution in [0.5, 0.6) is 0 Å². The van der Waals surface area contributed by atoms with Crippen molar-refractivity contribution < 1.29 is 0 Å². The molecule has 1 aromatic heterocycles. The first-order valence-corrected chi connectivity index (χ1v) is 6.69. The third kappa shape index (κ3) is 1.95. The van der Waals surface area contributed by atoms with Crippen molar-refractivity contribution in [3.63, 3.8) is 0 Å². The van der Waals surface area contributed by atoms with Crippen molar-refractivity contribution in [3.8, 4) is 0 Å². The maximum atomic E-state index is 4.25. The van der Waals surface area contributed by atoms with Crippen molar-refractivity contribution in [3.05, 3.63) is 64.7 Å². The Morgan fingerprint density at radius 2 is 2.00 bits per heavy atom. The average Bonchev–Trinajstić information content (AvgIpc) is 2.79. The Morgan fingerprint density at radius 3 is 2.78 bits per heavy atom. The molecule has 0 amide bonds. The second-order valence-electron chi connectivity index (χ2n) is 4.36. The Bertz CT molecular complexity index is 701. The average molecular weight is 301 g/mol. The highest BCUT2D eigenvalue weighted by Gasteiger charge is 2.06. The van der Waals surface area contributed by atoms with E-state index in [1.54, 1.807) is 0 Å². The Morgan fingerprint density at radius 1 is 1.17 bits per heavy atom. The SMILES string of the molecule is Cc1nccn1Cc1ccc2ccccc2c1Br. The second kappa shape index (κ2) is 4.58. The summed E-state index contributed by atoms with van der Waals surface area (Å²) in [4.78, 5) is 4.25. The number of hydrogen-bond acceptors (Lipinski definition) is 1. The monoisotopic (exact) mass is 300 g/mol.